The molecule has 0 atom stereocenters. The zero-order valence-corrected chi connectivity index (χ0v) is 15.8. The highest BCUT2D eigenvalue weighted by Gasteiger charge is 2.13. The third-order valence-corrected chi connectivity index (χ3v) is 4.89. The van der Waals surface area contributed by atoms with Gasteiger partial charge < -0.3 is 5.32 Å². The van der Waals surface area contributed by atoms with Gasteiger partial charge in [-0.25, -0.2) is 9.67 Å². The van der Waals surface area contributed by atoms with Gasteiger partial charge in [-0.1, -0.05) is 41.4 Å². The number of carbonyl (C=O) groups is 1. The summed E-state index contributed by atoms with van der Waals surface area (Å²) in [7, 11) is 0. The van der Waals surface area contributed by atoms with E-state index >= 15 is 0 Å². The molecule has 0 saturated heterocycles. The molecule has 0 spiro atoms. The van der Waals surface area contributed by atoms with Gasteiger partial charge in [0.15, 0.2) is 5.65 Å². The molecule has 0 aliphatic rings. The van der Waals surface area contributed by atoms with Crippen LogP contribution >= 0.6 is 23.2 Å². The minimum atomic E-state index is -0.289. The standard InChI is InChI=1S/C20H14Cl2N4O/c1-12-16-10-14(24-20(27)13-7-8-17(21)18(22)9-13)11-23-19(16)26(25-12)15-5-3-2-4-6-15/h2-11H,1H3,(H,24,27). The van der Waals surface area contributed by atoms with E-state index in [4.69, 9.17) is 23.2 Å². The molecular weight excluding hydrogens is 383 g/mol. The van der Waals surface area contributed by atoms with Gasteiger partial charge in [-0.05, 0) is 43.3 Å². The van der Waals surface area contributed by atoms with Crippen molar-refractivity contribution in [2.24, 2.45) is 0 Å². The van der Waals surface area contributed by atoms with Crippen LogP contribution in [0.2, 0.25) is 10.0 Å². The summed E-state index contributed by atoms with van der Waals surface area (Å²) in [5.74, 6) is -0.289. The van der Waals surface area contributed by atoms with E-state index in [1.54, 1.807) is 23.0 Å². The molecule has 134 valence electrons. The number of rotatable bonds is 3. The summed E-state index contributed by atoms with van der Waals surface area (Å²) in [4.78, 5) is 17.0. The molecule has 4 rings (SSSR count). The van der Waals surface area contributed by atoms with Crippen LogP contribution < -0.4 is 5.32 Å². The Hall–Kier alpha value is -2.89. The van der Waals surface area contributed by atoms with Crippen molar-refractivity contribution in [2.45, 2.75) is 6.92 Å². The molecule has 2 heterocycles. The van der Waals surface area contributed by atoms with Crippen LogP contribution in [0.4, 0.5) is 5.69 Å². The van der Waals surface area contributed by atoms with Crippen molar-refractivity contribution in [1.29, 1.82) is 0 Å². The van der Waals surface area contributed by atoms with E-state index in [0.29, 0.717) is 21.3 Å². The molecule has 0 fully saturated rings. The molecule has 0 saturated carbocycles. The van der Waals surface area contributed by atoms with Gasteiger partial charge in [0.05, 0.1) is 33.3 Å². The number of benzene rings is 2. The van der Waals surface area contributed by atoms with Crippen LogP contribution in [0.5, 0.6) is 0 Å². The number of anilines is 1. The summed E-state index contributed by atoms with van der Waals surface area (Å²) in [6, 6.07) is 16.4. The first-order chi connectivity index (χ1) is 13.0. The van der Waals surface area contributed by atoms with Gasteiger partial charge >= 0.3 is 0 Å². The Labute approximate surface area is 165 Å². The monoisotopic (exact) mass is 396 g/mol. The van der Waals surface area contributed by atoms with Crippen LogP contribution in [0.1, 0.15) is 16.1 Å². The highest BCUT2D eigenvalue weighted by Crippen LogP contribution is 2.25. The minimum absolute atomic E-state index is 0.289. The maximum absolute atomic E-state index is 12.5. The number of hydrogen-bond acceptors (Lipinski definition) is 3. The normalized spacial score (nSPS) is 10.9. The number of amides is 1. The van der Waals surface area contributed by atoms with E-state index in [-0.39, 0.29) is 5.91 Å². The predicted molar refractivity (Wildman–Crippen MR) is 108 cm³/mol. The lowest BCUT2D eigenvalue weighted by Gasteiger charge is -2.07. The van der Waals surface area contributed by atoms with Gasteiger partial charge in [-0.15, -0.1) is 0 Å². The fourth-order valence-corrected chi connectivity index (χ4v) is 3.10. The summed E-state index contributed by atoms with van der Waals surface area (Å²) in [5, 5.41) is 9.00. The van der Waals surface area contributed by atoms with E-state index in [1.807, 2.05) is 43.3 Å². The molecule has 0 aliphatic heterocycles. The largest absolute Gasteiger partial charge is 0.321 e. The molecule has 1 N–H and O–H groups in total. The second-order valence-corrected chi connectivity index (χ2v) is 6.83. The van der Waals surface area contributed by atoms with E-state index in [0.717, 1.165) is 22.4 Å². The quantitative estimate of drug-likeness (QED) is 0.511. The summed E-state index contributed by atoms with van der Waals surface area (Å²) in [5.41, 5.74) is 3.48. The number of aromatic nitrogens is 3. The highest BCUT2D eigenvalue weighted by molar-refractivity contribution is 6.42. The van der Waals surface area contributed by atoms with Gasteiger partial charge in [0.25, 0.3) is 5.91 Å². The van der Waals surface area contributed by atoms with Crippen molar-refractivity contribution in [1.82, 2.24) is 14.8 Å². The van der Waals surface area contributed by atoms with E-state index in [1.165, 1.54) is 6.07 Å². The first-order valence-electron chi connectivity index (χ1n) is 8.20. The molecule has 1 amide bonds. The molecule has 5 nitrogen and oxygen atoms in total. The van der Waals surface area contributed by atoms with Crippen molar-refractivity contribution >= 4 is 45.8 Å². The predicted octanol–water partition coefficient (Wildman–Crippen LogP) is 5.29. The lowest BCUT2D eigenvalue weighted by molar-refractivity contribution is 0.102. The fraction of sp³-hybridized carbons (Fsp3) is 0.0500. The average Bonchev–Trinajstić information content (AvgIpc) is 3.01. The lowest BCUT2D eigenvalue weighted by Crippen LogP contribution is -2.12. The first kappa shape index (κ1) is 17.5. The van der Waals surface area contributed by atoms with Crippen LogP contribution in [0, 0.1) is 6.92 Å². The number of pyridine rings is 1. The molecule has 7 heteroatoms. The first-order valence-corrected chi connectivity index (χ1v) is 8.96. The molecule has 2 aromatic carbocycles. The van der Waals surface area contributed by atoms with Crippen LogP contribution in [0.3, 0.4) is 0 Å². The summed E-state index contributed by atoms with van der Waals surface area (Å²) in [6.07, 6.45) is 1.61. The Bertz CT molecular complexity index is 1160. The maximum atomic E-state index is 12.5. The Kier molecular flexibility index (Phi) is 4.56. The fourth-order valence-electron chi connectivity index (χ4n) is 2.80. The molecular formula is C20H14Cl2N4O. The van der Waals surface area contributed by atoms with Gasteiger partial charge in [-0.2, -0.15) is 5.10 Å². The summed E-state index contributed by atoms with van der Waals surface area (Å²) >= 11 is 11.9. The summed E-state index contributed by atoms with van der Waals surface area (Å²) < 4.78 is 1.79. The zero-order chi connectivity index (χ0) is 19.0. The number of fused-ring (bicyclic) bond motifs is 1. The SMILES string of the molecule is Cc1nn(-c2ccccc2)c2ncc(NC(=O)c3ccc(Cl)c(Cl)c3)cc12. The van der Waals surface area contributed by atoms with Crippen LogP contribution in [-0.2, 0) is 0 Å². The molecule has 0 unspecified atom stereocenters. The van der Waals surface area contributed by atoms with Crippen LogP contribution in [0.25, 0.3) is 16.7 Å². The number of halogens is 2. The number of para-hydroxylation sites is 1. The van der Waals surface area contributed by atoms with Crippen molar-refractivity contribution in [3.05, 3.63) is 82.1 Å². The van der Waals surface area contributed by atoms with E-state index in [9.17, 15) is 4.79 Å². The van der Waals surface area contributed by atoms with E-state index in [2.05, 4.69) is 15.4 Å². The molecule has 2 aromatic heterocycles. The third kappa shape index (κ3) is 3.39. The topological polar surface area (TPSA) is 59.8 Å². The molecule has 0 radical (unpaired) electrons. The number of nitrogens with one attached hydrogen (secondary N) is 1. The van der Waals surface area contributed by atoms with Crippen molar-refractivity contribution in [3.63, 3.8) is 0 Å². The van der Waals surface area contributed by atoms with Crippen molar-refractivity contribution in [2.75, 3.05) is 5.32 Å². The van der Waals surface area contributed by atoms with Crippen molar-refractivity contribution < 1.29 is 4.79 Å². The van der Waals surface area contributed by atoms with Gasteiger partial charge in [0.2, 0.25) is 0 Å². The number of hydrogen-bond donors (Lipinski definition) is 1. The molecule has 0 aliphatic carbocycles. The second-order valence-electron chi connectivity index (χ2n) is 6.01. The molecule has 0 bridgehead atoms. The Morgan fingerprint density at radius 1 is 1.04 bits per heavy atom. The molecule has 4 aromatic rings. The smallest absolute Gasteiger partial charge is 0.255 e. The van der Waals surface area contributed by atoms with Gasteiger partial charge in [-0.3, -0.25) is 4.79 Å². The Morgan fingerprint density at radius 2 is 1.81 bits per heavy atom. The Morgan fingerprint density at radius 3 is 2.56 bits per heavy atom. The average molecular weight is 397 g/mol. The van der Waals surface area contributed by atoms with Crippen LogP contribution in [0.15, 0.2) is 60.8 Å². The van der Waals surface area contributed by atoms with Gasteiger partial charge in [0, 0.05) is 10.9 Å². The second kappa shape index (κ2) is 7.02. The third-order valence-electron chi connectivity index (χ3n) is 4.15. The number of nitrogens with zero attached hydrogens (tertiary/aromatic N) is 3. The maximum Gasteiger partial charge on any atom is 0.255 e. The number of aryl methyl sites for hydroxylation is 1. The van der Waals surface area contributed by atoms with E-state index < -0.39 is 0 Å². The molecule has 27 heavy (non-hydrogen) atoms. The zero-order valence-electron chi connectivity index (χ0n) is 14.3. The minimum Gasteiger partial charge on any atom is -0.321 e. The number of carbonyl (C=O) groups excluding carboxylic acids is 1. The van der Waals surface area contributed by atoms with Crippen LogP contribution in [-0.4, -0.2) is 20.7 Å². The Balaban J connectivity index is 1.67. The van der Waals surface area contributed by atoms with Crippen molar-refractivity contribution in [3.8, 4) is 5.69 Å². The highest BCUT2D eigenvalue weighted by atomic mass is 35.5. The summed E-state index contributed by atoms with van der Waals surface area (Å²) in [6.45, 7) is 1.91. The van der Waals surface area contributed by atoms with Gasteiger partial charge in [0.1, 0.15) is 0 Å². The lowest BCUT2D eigenvalue weighted by atomic mass is 10.2.